The summed E-state index contributed by atoms with van der Waals surface area (Å²) in [6, 6.07) is 7.92. The van der Waals surface area contributed by atoms with E-state index >= 15 is 0 Å². The van der Waals surface area contributed by atoms with Crippen molar-refractivity contribution in [2.75, 3.05) is 33.5 Å². The molecule has 1 aromatic rings. The van der Waals surface area contributed by atoms with Gasteiger partial charge in [-0.25, -0.2) is 0 Å². The van der Waals surface area contributed by atoms with Crippen molar-refractivity contribution in [2.24, 2.45) is 5.92 Å². The predicted molar refractivity (Wildman–Crippen MR) is 72.4 cm³/mol. The topological polar surface area (TPSA) is 47.9 Å². The molecular weight excluding hydrogens is 244 g/mol. The van der Waals surface area contributed by atoms with Crippen molar-refractivity contribution in [2.45, 2.75) is 18.9 Å². The van der Waals surface area contributed by atoms with Gasteiger partial charge < -0.3 is 19.3 Å². The van der Waals surface area contributed by atoms with E-state index in [0.29, 0.717) is 13.2 Å². The highest BCUT2D eigenvalue weighted by atomic mass is 16.5. The Hall–Kier alpha value is -1.10. The lowest BCUT2D eigenvalue weighted by molar-refractivity contribution is 0.0499. The molecule has 0 spiro atoms. The summed E-state index contributed by atoms with van der Waals surface area (Å²) in [7, 11) is 1.70. The molecule has 0 aliphatic carbocycles. The molecular formula is C15H22O4. The zero-order chi connectivity index (χ0) is 13.5. The van der Waals surface area contributed by atoms with E-state index in [1.165, 1.54) is 5.56 Å². The number of methoxy groups -OCH3 is 1. The van der Waals surface area contributed by atoms with Gasteiger partial charge in [-0.2, -0.15) is 0 Å². The van der Waals surface area contributed by atoms with Crippen LogP contribution in [0.15, 0.2) is 24.3 Å². The van der Waals surface area contributed by atoms with E-state index in [1.807, 2.05) is 24.3 Å². The highest BCUT2D eigenvalue weighted by molar-refractivity contribution is 5.27. The van der Waals surface area contributed by atoms with E-state index in [9.17, 15) is 5.11 Å². The molecule has 2 atom stereocenters. The summed E-state index contributed by atoms with van der Waals surface area (Å²) in [5.74, 6) is 1.00. The Morgan fingerprint density at radius 3 is 2.79 bits per heavy atom. The van der Waals surface area contributed by atoms with Crippen LogP contribution in [-0.4, -0.2) is 44.7 Å². The molecule has 1 fully saturated rings. The number of benzene rings is 1. The van der Waals surface area contributed by atoms with Crippen LogP contribution in [0.3, 0.4) is 0 Å². The molecule has 1 aliphatic rings. The normalized spacial score (nSPS) is 20.4. The number of aliphatic hydroxyl groups excluding tert-OH is 1. The third kappa shape index (κ3) is 4.49. The molecule has 4 heteroatoms. The lowest BCUT2D eigenvalue weighted by atomic mass is 10.0. The van der Waals surface area contributed by atoms with E-state index in [-0.39, 0.29) is 5.92 Å². The average molecular weight is 266 g/mol. The average Bonchev–Trinajstić information content (AvgIpc) is 2.98. The van der Waals surface area contributed by atoms with Crippen LogP contribution in [-0.2, 0) is 15.9 Å². The Morgan fingerprint density at radius 2 is 2.16 bits per heavy atom. The minimum atomic E-state index is -0.448. The van der Waals surface area contributed by atoms with Gasteiger partial charge in [-0.1, -0.05) is 12.1 Å². The number of hydrogen-bond donors (Lipinski definition) is 1. The lowest BCUT2D eigenvalue weighted by Crippen LogP contribution is -2.27. The summed E-state index contributed by atoms with van der Waals surface area (Å²) in [4.78, 5) is 0. The molecule has 0 bridgehead atoms. The van der Waals surface area contributed by atoms with Crippen molar-refractivity contribution in [3.05, 3.63) is 29.8 Å². The molecule has 2 rings (SSSR count). The first-order chi connectivity index (χ1) is 9.29. The van der Waals surface area contributed by atoms with E-state index < -0.39 is 6.10 Å². The zero-order valence-corrected chi connectivity index (χ0v) is 11.4. The Morgan fingerprint density at radius 1 is 1.37 bits per heavy atom. The van der Waals surface area contributed by atoms with Gasteiger partial charge in [0, 0.05) is 19.6 Å². The Bertz CT molecular complexity index is 357. The van der Waals surface area contributed by atoms with E-state index in [4.69, 9.17) is 14.2 Å². The van der Waals surface area contributed by atoms with Crippen molar-refractivity contribution in [3.63, 3.8) is 0 Å². The van der Waals surface area contributed by atoms with E-state index in [1.54, 1.807) is 7.11 Å². The van der Waals surface area contributed by atoms with Gasteiger partial charge in [0.1, 0.15) is 12.4 Å². The van der Waals surface area contributed by atoms with Gasteiger partial charge in [0.25, 0.3) is 0 Å². The monoisotopic (exact) mass is 266 g/mol. The van der Waals surface area contributed by atoms with E-state index in [2.05, 4.69) is 0 Å². The summed E-state index contributed by atoms with van der Waals surface area (Å²) in [5, 5.41) is 9.96. The van der Waals surface area contributed by atoms with E-state index in [0.717, 1.165) is 31.8 Å². The van der Waals surface area contributed by atoms with Crippen LogP contribution >= 0.6 is 0 Å². The molecule has 1 saturated heterocycles. The third-order valence-corrected chi connectivity index (χ3v) is 3.45. The van der Waals surface area contributed by atoms with Crippen molar-refractivity contribution < 1.29 is 19.3 Å². The second-order valence-corrected chi connectivity index (χ2v) is 4.89. The van der Waals surface area contributed by atoms with Crippen molar-refractivity contribution >= 4 is 0 Å². The molecule has 1 N–H and O–H groups in total. The fourth-order valence-electron chi connectivity index (χ4n) is 2.15. The number of aliphatic hydroxyl groups is 1. The van der Waals surface area contributed by atoms with Gasteiger partial charge in [-0.3, -0.25) is 0 Å². The summed E-state index contributed by atoms with van der Waals surface area (Å²) < 4.78 is 15.9. The number of ether oxygens (including phenoxy) is 3. The molecule has 4 nitrogen and oxygen atoms in total. The van der Waals surface area contributed by atoms with Crippen LogP contribution in [0.4, 0.5) is 0 Å². The summed E-state index contributed by atoms with van der Waals surface area (Å²) >= 11 is 0. The summed E-state index contributed by atoms with van der Waals surface area (Å²) in [6.07, 6.45) is 1.37. The van der Waals surface area contributed by atoms with Crippen LogP contribution < -0.4 is 4.74 Å². The van der Waals surface area contributed by atoms with Crippen molar-refractivity contribution in [1.82, 2.24) is 0 Å². The molecule has 2 unspecified atom stereocenters. The van der Waals surface area contributed by atoms with Crippen LogP contribution in [0.2, 0.25) is 0 Å². The van der Waals surface area contributed by atoms with Gasteiger partial charge in [0.2, 0.25) is 0 Å². The fourth-order valence-corrected chi connectivity index (χ4v) is 2.15. The van der Waals surface area contributed by atoms with Crippen molar-refractivity contribution in [3.8, 4) is 5.75 Å². The smallest absolute Gasteiger partial charge is 0.119 e. The second-order valence-electron chi connectivity index (χ2n) is 4.89. The first-order valence-corrected chi connectivity index (χ1v) is 6.76. The Kier molecular flexibility index (Phi) is 5.63. The lowest BCUT2D eigenvalue weighted by Gasteiger charge is -2.17. The second kappa shape index (κ2) is 7.48. The van der Waals surface area contributed by atoms with Crippen molar-refractivity contribution in [1.29, 1.82) is 0 Å². The largest absolute Gasteiger partial charge is 0.491 e. The van der Waals surface area contributed by atoms with Gasteiger partial charge in [-0.05, 0) is 30.5 Å². The quantitative estimate of drug-likeness (QED) is 0.815. The standard InChI is InChI=1S/C15H22O4/c1-17-8-6-12-2-4-14(5-3-12)19-11-15(16)13-7-9-18-10-13/h2-5,13,15-16H,6-11H2,1H3. The molecule has 1 aromatic carbocycles. The highest BCUT2D eigenvalue weighted by Gasteiger charge is 2.24. The number of hydrogen-bond acceptors (Lipinski definition) is 4. The third-order valence-electron chi connectivity index (χ3n) is 3.45. The molecule has 19 heavy (non-hydrogen) atoms. The Balaban J connectivity index is 1.75. The maximum atomic E-state index is 9.96. The predicted octanol–water partition coefficient (Wildman–Crippen LogP) is 1.65. The maximum Gasteiger partial charge on any atom is 0.119 e. The van der Waals surface area contributed by atoms with Gasteiger partial charge in [-0.15, -0.1) is 0 Å². The van der Waals surface area contributed by atoms with Gasteiger partial charge in [0.15, 0.2) is 0 Å². The van der Waals surface area contributed by atoms with Crippen LogP contribution in [0, 0.1) is 5.92 Å². The van der Waals surface area contributed by atoms with Gasteiger partial charge >= 0.3 is 0 Å². The molecule has 0 aromatic heterocycles. The maximum absolute atomic E-state index is 9.96. The summed E-state index contributed by atoms with van der Waals surface area (Å²) in [5.41, 5.74) is 1.22. The summed E-state index contributed by atoms with van der Waals surface area (Å²) in [6.45, 7) is 2.43. The van der Waals surface area contributed by atoms with Crippen LogP contribution in [0.25, 0.3) is 0 Å². The molecule has 1 aliphatic heterocycles. The zero-order valence-electron chi connectivity index (χ0n) is 11.4. The molecule has 0 radical (unpaired) electrons. The minimum absolute atomic E-state index is 0.209. The highest BCUT2D eigenvalue weighted by Crippen LogP contribution is 2.18. The SMILES string of the molecule is COCCc1ccc(OCC(O)C2CCOC2)cc1. The molecule has 0 amide bonds. The van der Waals surface area contributed by atoms with Gasteiger partial charge in [0.05, 0.1) is 19.3 Å². The number of rotatable bonds is 7. The Labute approximate surface area is 114 Å². The van der Waals surface area contributed by atoms with Crippen LogP contribution in [0.1, 0.15) is 12.0 Å². The first-order valence-electron chi connectivity index (χ1n) is 6.76. The van der Waals surface area contributed by atoms with Crippen LogP contribution in [0.5, 0.6) is 5.75 Å². The molecule has 0 saturated carbocycles. The molecule has 1 heterocycles. The fraction of sp³-hybridized carbons (Fsp3) is 0.600. The molecule has 106 valence electrons. The first kappa shape index (κ1) is 14.3. The minimum Gasteiger partial charge on any atom is -0.491 e.